The summed E-state index contributed by atoms with van der Waals surface area (Å²) in [4.78, 5) is 6.90. The first-order chi connectivity index (χ1) is 9.78. The second kappa shape index (κ2) is 6.04. The number of hydrogen-bond donors (Lipinski definition) is 1. The maximum atomic E-state index is 6.02. The molecule has 1 aliphatic heterocycles. The third kappa shape index (κ3) is 2.77. The Morgan fingerprint density at radius 3 is 2.85 bits per heavy atom. The largest absolute Gasteiger partial charge is 0.329 e. The van der Waals surface area contributed by atoms with Crippen LogP contribution in [0.5, 0.6) is 0 Å². The van der Waals surface area contributed by atoms with Gasteiger partial charge in [-0.05, 0) is 45.6 Å². The predicted octanol–water partition coefficient (Wildman–Crippen LogP) is 2.90. The lowest BCUT2D eigenvalue weighted by atomic mass is 9.92. The molecule has 20 heavy (non-hydrogen) atoms. The molecule has 3 nitrogen and oxygen atoms in total. The molecule has 0 radical (unpaired) electrons. The zero-order valence-electron chi connectivity index (χ0n) is 11.3. The molecule has 1 atom stereocenters. The van der Waals surface area contributed by atoms with E-state index in [-0.39, 0.29) is 0 Å². The van der Waals surface area contributed by atoms with E-state index in [1.807, 2.05) is 12.3 Å². The summed E-state index contributed by atoms with van der Waals surface area (Å²) in [7, 11) is 0. The van der Waals surface area contributed by atoms with Gasteiger partial charge in [0.25, 0.3) is 0 Å². The zero-order valence-corrected chi connectivity index (χ0v) is 12.9. The van der Waals surface area contributed by atoms with Crippen molar-refractivity contribution in [1.82, 2.24) is 9.88 Å². The van der Waals surface area contributed by atoms with Crippen molar-refractivity contribution in [3.63, 3.8) is 0 Å². The molecule has 0 spiro atoms. The number of nitrogens with two attached hydrogens (primary N) is 1. The lowest BCUT2D eigenvalue weighted by Gasteiger charge is -2.36. The summed E-state index contributed by atoms with van der Waals surface area (Å²) in [5.74, 6) is 0. The Kier molecular flexibility index (Phi) is 4.15. The number of halogens is 1. The van der Waals surface area contributed by atoms with Crippen molar-refractivity contribution in [1.29, 1.82) is 0 Å². The summed E-state index contributed by atoms with van der Waals surface area (Å²) in [6.45, 7) is 2.54. The molecule has 2 aromatic rings. The molecule has 2 N–H and O–H groups in total. The molecule has 1 aromatic carbocycles. The Labute approximate surface area is 127 Å². The fourth-order valence-corrected chi connectivity index (χ4v) is 3.11. The molecule has 3 rings (SSSR count). The van der Waals surface area contributed by atoms with Gasteiger partial charge in [0.15, 0.2) is 0 Å². The highest BCUT2D eigenvalue weighted by atomic mass is 79.9. The van der Waals surface area contributed by atoms with E-state index in [1.165, 1.54) is 11.1 Å². The summed E-state index contributed by atoms with van der Waals surface area (Å²) < 4.78 is 1.01. The predicted molar refractivity (Wildman–Crippen MR) is 84.3 cm³/mol. The Hall–Kier alpha value is -1.23. The van der Waals surface area contributed by atoms with Gasteiger partial charge < -0.3 is 5.73 Å². The monoisotopic (exact) mass is 331 g/mol. The van der Waals surface area contributed by atoms with Crippen molar-refractivity contribution in [2.45, 2.75) is 19.0 Å². The summed E-state index contributed by atoms with van der Waals surface area (Å²) >= 11 is 3.42. The van der Waals surface area contributed by atoms with Crippen LogP contribution in [0.2, 0.25) is 0 Å². The second-order valence-corrected chi connectivity index (χ2v) is 6.05. The van der Waals surface area contributed by atoms with Crippen molar-refractivity contribution in [2.24, 2.45) is 5.73 Å². The summed E-state index contributed by atoms with van der Waals surface area (Å²) in [6.07, 6.45) is 2.94. The number of rotatable bonds is 3. The Morgan fingerprint density at radius 1 is 1.25 bits per heavy atom. The molecular formula is C16H18BrN3. The van der Waals surface area contributed by atoms with E-state index in [2.05, 4.69) is 56.1 Å². The number of nitrogens with zero attached hydrogens (tertiary/aromatic N) is 2. The maximum Gasteiger partial charge on any atom is 0.0545 e. The van der Waals surface area contributed by atoms with Gasteiger partial charge in [0.1, 0.15) is 0 Å². The lowest BCUT2D eigenvalue weighted by Crippen LogP contribution is -2.39. The molecule has 0 aliphatic carbocycles. The zero-order chi connectivity index (χ0) is 13.9. The van der Waals surface area contributed by atoms with Crippen molar-refractivity contribution in [2.75, 3.05) is 13.1 Å². The minimum atomic E-state index is 0.297. The molecule has 0 amide bonds. The average Bonchev–Trinajstić information content (AvgIpc) is 2.49. The third-order valence-corrected chi connectivity index (χ3v) is 4.37. The van der Waals surface area contributed by atoms with Gasteiger partial charge in [0, 0.05) is 36.3 Å². The number of fused-ring (bicyclic) bond motifs is 1. The van der Waals surface area contributed by atoms with Gasteiger partial charge in [-0.3, -0.25) is 9.88 Å². The molecule has 4 heteroatoms. The first-order valence-corrected chi connectivity index (χ1v) is 7.69. The number of pyridine rings is 1. The molecule has 2 heterocycles. The Morgan fingerprint density at radius 2 is 2.10 bits per heavy atom. The van der Waals surface area contributed by atoms with Gasteiger partial charge in [-0.25, -0.2) is 0 Å². The fraction of sp³-hybridized carbons (Fsp3) is 0.312. The first kappa shape index (κ1) is 13.7. The summed E-state index contributed by atoms with van der Waals surface area (Å²) in [5, 5.41) is 0. The van der Waals surface area contributed by atoms with Crippen LogP contribution in [0.1, 0.15) is 22.9 Å². The van der Waals surface area contributed by atoms with Crippen LogP contribution in [0.3, 0.4) is 0 Å². The van der Waals surface area contributed by atoms with Crippen molar-refractivity contribution >= 4 is 15.9 Å². The van der Waals surface area contributed by atoms with Gasteiger partial charge in [0.05, 0.1) is 5.69 Å². The highest BCUT2D eigenvalue weighted by Gasteiger charge is 2.26. The minimum Gasteiger partial charge on any atom is -0.329 e. The quantitative estimate of drug-likeness (QED) is 0.940. The van der Waals surface area contributed by atoms with Crippen LogP contribution in [0.25, 0.3) is 0 Å². The highest BCUT2D eigenvalue weighted by Crippen LogP contribution is 2.29. The second-order valence-electron chi connectivity index (χ2n) is 5.14. The van der Waals surface area contributed by atoms with Crippen LogP contribution >= 0.6 is 15.9 Å². The van der Waals surface area contributed by atoms with Crippen LogP contribution in [0, 0.1) is 0 Å². The van der Waals surface area contributed by atoms with Gasteiger partial charge in [-0.2, -0.15) is 0 Å². The van der Waals surface area contributed by atoms with E-state index >= 15 is 0 Å². The molecule has 0 saturated heterocycles. The Balaban J connectivity index is 1.82. The van der Waals surface area contributed by atoms with Crippen LogP contribution in [-0.4, -0.2) is 23.0 Å². The molecule has 0 fully saturated rings. The summed E-state index contributed by atoms with van der Waals surface area (Å²) in [5.41, 5.74) is 9.91. The van der Waals surface area contributed by atoms with E-state index in [1.54, 1.807) is 0 Å². The van der Waals surface area contributed by atoms with Crippen molar-refractivity contribution in [3.8, 4) is 0 Å². The standard InChI is InChI=1S/C16H18BrN3/c17-13-5-6-14(19-10-13)11-20-8-7-12-3-1-2-4-15(12)16(20)9-18/h1-6,10,16H,7-9,11,18H2. The van der Waals surface area contributed by atoms with Crippen molar-refractivity contribution < 1.29 is 0 Å². The fourth-order valence-electron chi connectivity index (χ4n) is 2.88. The number of hydrogen-bond acceptors (Lipinski definition) is 3. The molecular weight excluding hydrogens is 314 g/mol. The summed E-state index contributed by atoms with van der Waals surface area (Å²) in [6, 6.07) is 13.0. The van der Waals surface area contributed by atoms with E-state index in [0.717, 1.165) is 29.7 Å². The maximum absolute atomic E-state index is 6.02. The Bertz CT molecular complexity index is 583. The smallest absolute Gasteiger partial charge is 0.0545 e. The molecule has 0 bridgehead atoms. The minimum absolute atomic E-state index is 0.297. The van der Waals surface area contributed by atoms with Crippen LogP contribution in [0.15, 0.2) is 47.1 Å². The van der Waals surface area contributed by atoms with Gasteiger partial charge in [-0.1, -0.05) is 24.3 Å². The average molecular weight is 332 g/mol. The van der Waals surface area contributed by atoms with E-state index in [0.29, 0.717) is 12.6 Å². The molecule has 1 aliphatic rings. The van der Waals surface area contributed by atoms with E-state index < -0.39 is 0 Å². The van der Waals surface area contributed by atoms with Gasteiger partial charge >= 0.3 is 0 Å². The first-order valence-electron chi connectivity index (χ1n) is 6.90. The van der Waals surface area contributed by atoms with Crippen LogP contribution in [0.4, 0.5) is 0 Å². The molecule has 0 saturated carbocycles. The third-order valence-electron chi connectivity index (χ3n) is 3.90. The normalized spacial score (nSPS) is 18.8. The molecule has 104 valence electrons. The van der Waals surface area contributed by atoms with Crippen molar-refractivity contribution in [3.05, 3.63) is 63.9 Å². The van der Waals surface area contributed by atoms with E-state index in [9.17, 15) is 0 Å². The van der Waals surface area contributed by atoms with Gasteiger partial charge in [0.2, 0.25) is 0 Å². The lowest BCUT2D eigenvalue weighted by molar-refractivity contribution is 0.179. The van der Waals surface area contributed by atoms with Crippen LogP contribution in [-0.2, 0) is 13.0 Å². The van der Waals surface area contributed by atoms with E-state index in [4.69, 9.17) is 5.73 Å². The molecule has 1 aromatic heterocycles. The van der Waals surface area contributed by atoms with Crippen LogP contribution < -0.4 is 5.73 Å². The van der Waals surface area contributed by atoms with Gasteiger partial charge in [-0.15, -0.1) is 0 Å². The number of benzene rings is 1. The highest BCUT2D eigenvalue weighted by molar-refractivity contribution is 9.10. The topological polar surface area (TPSA) is 42.1 Å². The number of aromatic nitrogens is 1. The SMILES string of the molecule is NCC1c2ccccc2CCN1Cc1ccc(Br)cn1. The molecule has 1 unspecified atom stereocenters.